The molecule has 2 N–H and O–H groups in total. The highest BCUT2D eigenvalue weighted by atomic mass is 32.1. The van der Waals surface area contributed by atoms with Crippen molar-refractivity contribution < 1.29 is 19.4 Å². The quantitative estimate of drug-likeness (QED) is 0.703. The standard InChI is InChI=1S/C16H23NO4S/c1-16(2,3)21-15(20)17-13(10-22)8-11-4-6-12(7-5-11)9-14(18)19/h4-7,13,22H,8-10H2,1-3H3,(H,17,20)(H,18,19). The molecule has 1 rings (SSSR count). The third-order valence-corrected chi connectivity index (χ3v) is 3.24. The lowest BCUT2D eigenvalue weighted by atomic mass is 10.0. The molecule has 6 heteroatoms. The Morgan fingerprint density at radius 2 is 1.77 bits per heavy atom. The van der Waals surface area contributed by atoms with Crippen LogP contribution in [0, 0.1) is 0 Å². The average Bonchev–Trinajstić information content (AvgIpc) is 2.37. The molecule has 0 aliphatic heterocycles. The lowest BCUT2D eigenvalue weighted by molar-refractivity contribution is -0.136. The van der Waals surface area contributed by atoms with Crippen molar-refractivity contribution in [3.63, 3.8) is 0 Å². The second-order valence-electron chi connectivity index (χ2n) is 6.12. The smallest absolute Gasteiger partial charge is 0.407 e. The number of carbonyl (C=O) groups is 2. The van der Waals surface area contributed by atoms with Crippen LogP contribution in [-0.2, 0) is 22.4 Å². The van der Waals surface area contributed by atoms with Gasteiger partial charge >= 0.3 is 12.1 Å². The molecule has 0 aliphatic rings. The van der Waals surface area contributed by atoms with Crippen LogP contribution in [0.4, 0.5) is 4.79 Å². The van der Waals surface area contributed by atoms with E-state index in [1.807, 2.05) is 32.9 Å². The predicted octanol–water partition coefficient (Wildman–Crippen LogP) is 2.68. The summed E-state index contributed by atoms with van der Waals surface area (Å²) in [7, 11) is 0. The third kappa shape index (κ3) is 7.36. The van der Waals surface area contributed by atoms with Crippen LogP contribution in [-0.4, -0.2) is 34.6 Å². The molecule has 1 aromatic rings. The minimum absolute atomic E-state index is 0.00638. The monoisotopic (exact) mass is 325 g/mol. The Kier molecular flexibility index (Phi) is 6.74. The van der Waals surface area contributed by atoms with Crippen LogP contribution in [0.25, 0.3) is 0 Å². The molecule has 0 aromatic heterocycles. The van der Waals surface area contributed by atoms with Gasteiger partial charge in [0.1, 0.15) is 5.60 Å². The first kappa shape index (κ1) is 18.4. The van der Waals surface area contributed by atoms with Crippen LogP contribution in [0.5, 0.6) is 0 Å². The summed E-state index contributed by atoms with van der Waals surface area (Å²) in [4.78, 5) is 22.4. The molecule has 0 spiro atoms. The number of carbonyl (C=O) groups excluding carboxylic acids is 1. The molecule has 1 unspecified atom stereocenters. The van der Waals surface area contributed by atoms with Crippen LogP contribution in [0.15, 0.2) is 24.3 Å². The molecule has 1 amide bonds. The van der Waals surface area contributed by atoms with Crippen molar-refractivity contribution in [1.29, 1.82) is 0 Å². The zero-order valence-electron chi connectivity index (χ0n) is 13.1. The minimum Gasteiger partial charge on any atom is -0.481 e. The molecule has 1 atom stereocenters. The Balaban J connectivity index is 2.58. The summed E-state index contributed by atoms with van der Waals surface area (Å²) in [5, 5.41) is 11.5. The maximum Gasteiger partial charge on any atom is 0.407 e. The number of carboxylic acids is 1. The number of amides is 1. The van der Waals surface area contributed by atoms with E-state index in [-0.39, 0.29) is 12.5 Å². The van der Waals surface area contributed by atoms with E-state index in [1.54, 1.807) is 12.1 Å². The lowest BCUT2D eigenvalue weighted by Crippen LogP contribution is -2.41. The number of hydrogen-bond acceptors (Lipinski definition) is 4. The van der Waals surface area contributed by atoms with Gasteiger partial charge in [-0.15, -0.1) is 0 Å². The molecule has 22 heavy (non-hydrogen) atoms. The number of ether oxygens (including phenoxy) is 1. The highest BCUT2D eigenvalue weighted by Gasteiger charge is 2.19. The fourth-order valence-electron chi connectivity index (χ4n) is 1.89. The van der Waals surface area contributed by atoms with Crippen molar-refractivity contribution in [1.82, 2.24) is 5.32 Å². The molecular weight excluding hydrogens is 302 g/mol. The fraction of sp³-hybridized carbons (Fsp3) is 0.500. The summed E-state index contributed by atoms with van der Waals surface area (Å²) in [6, 6.07) is 7.15. The van der Waals surface area contributed by atoms with Crippen LogP contribution >= 0.6 is 12.6 Å². The van der Waals surface area contributed by atoms with Crippen LogP contribution < -0.4 is 5.32 Å². The van der Waals surface area contributed by atoms with E-state index in [4.69, 9.17) is 9.84 Å². The van der Waals surface area contributed by atoms with E-state index in [0.29, 0.717) is 12.2 Å². The average molecular weight is 325 g/mol. The summed E-state index contributed by atoms with van der Waals surface area (Å²) in [6.07, 6.45) is 0.150. The van der Waals surface area contributed by atoms with E-state index < -0.39 is 17.7 Å². The van der Waals surface area contributed by atoms with Crippen molar-refractivity contribution in [3.8, 4) is 0 Å². The molecule has 1 aromatic carbocycles. The van der Waals surface area contributed by atoms with Crippen LogP contribution in [0.3, 0.4) is 0 Å². The van der Waals surface area contributed by atoms with E-state index in [1.165, 1.54) is 0 Å². The molecule has 5 nitrogen and oxygen atoms in total. The molecule has 122 valence electrons. The van der Waals surface area contributed by atoms with E-state index in [9.17, 15) is 9.59 Å². The SMILES string of the molecule is CC(C)(C)OC(=O)NC(CS)Cc1ccc(CC(=O)O)cc1. The topological polar surface area (TPSA) is 75.6 Å². The van der Waals surface area contributed by atoms with Gasteiger partial charge in [-0.3, -0.25) is 4.79 Å². The largest absolute Gasteiger partial charge is 0.481 e. The summed E-state index contributed by atoms with van der Waals surface area (Å²) >= 11 is 4.25. The van der Waals surface area contributed by atoms with Crippen LogP contribution in [0.1, 0.15) is 31.9 Å². The highest BCUT2D eigenvalue weighted by molar-refractivity contribution is 7.80. The number of alkyl carbamates (subject to hydrolysis) is 1. The zero-order chi connectivity index (χ0) is 16.8. The molecule has 0 aliphatic carbocycles. The predicted molar refractivity (Wildman–Crippen MR) is 88.5 cm³/mol. The van der Waals surface area contributed by atoms with E-state index >= 15 is 0 Å². The maximum atomic E-state index is 11.8. The first-order valence-electron chi connectivity index (χ1n) is 7.09. The first-order valence-corrected chi connectivity index (χ1v) is 7.73. The molecule has 0 heterocycles. The summed E-state index contributed by atoms with van der Waals surface area (Å²) in [5.41, 5.74) is 1.21. The normalized spacial score (nSPS) is 12.5. The van der Waals surface area contributed by atoms with Gasteiger partial charge in [0.2, 0.25) is 0 Å². The second-order valence-corrected chi connectivity index (χ2v) is 6.48. The molecule has 0 fully saturated rings. The summed E-state index contributed by atoms with van der Waals surface area (Å²) in [6.45, 7) is 5.43. The Hall–Kier alpha value is -1.69. The van der Waals surface area contributed by atoms with Gasteiger partial charge < -0.3 is 15.2 Å². The summed E-state index contributed by atoms with van der Waals surface area (Å²) < 4.78 is 5.22. The lowest BCUT2D eigenvalue weighted by Gasteiger charge is -2.23. The maximum absolute atomic E-state index is 11.8. The number of rotatable bonds is 6. The van der Waals surface area contributed by atoms with Crippen molar-refractivity contribution in [2.45, 2.75) is 45.3 Å². The fourth-order valence-corrected chi connectivity index (χ4v) is 2.11. The Morgan fingerprint density at radius 1 is 1.23 bits per heavy atom. The first-order chi connectivity index (χ1) is 10.2. The van der Waals surface area contributed by atoms with E-state index in [2.05, 4.69) is 17.9 Å². The van der Waals surface area contributed by atoms with Gasteiger partial charge in [0, 0.05) is 11.8 Å². The molecule has 0 saturated carbocycles. The van der Waals surface area contributed by atoms with Crippen LogP contribution in [0.2, 0.25) is 0 Å². The highest BCUT2D eigenvalue weighted by Crippen LogP contribution is 2.10. The number of thiol groups is 1. The van der Waals surface area contributed by atoms with Gasteiger partial charge in [-0.05, 0) is 38.3 Å². The second kappa shape index (κ2) is 8.08. The number of benzene rings is 1. The minimum atomic E-state index is -0.854. The Labute approximate surface area is 136 Å². The number of hydrogen-bond donors (Lipinski definition) is 3. The van der Waals surface area contributed by atoms with E-state index in [0.717, 1.165) is 11.1 Å². The van der Waals surface area contributed by atoms with Crippen molar-refractivity contribution in [3.05, 3.63) is 35.4 Å². The van der Waals surface area contributed by atoms with Crippen molar-refractivity contribution in [2.24, 2.45) is 0 Å². The zero-order valence-corrected chi connectivity index (χ0v) is 14.0. The number of nitrogens with one attached hydrogen (secondary N) is 1. The van der Waals surface area contributed by atoms with Gasteiger partial charge in [-0.25, -0.2) is 4.79 Å². The van der Waals surface area contributed by atoms with Gasteiger partial charge in [0.15, 0.2) is 0 Å². The third-order valence-electron chi connectivity index (χ3n) is 2.80. The Bertz CT molecular complexity index is 508. The molecule has 0 bridgehead atoms. The number of aliphatic carboxylic acids is 1. The van der Waals surface area contributed by atoms with Gasteiger partial charge in [0.05, 0.1) is 6.42 Å². The molecule has 0 saturated heterocycles. The summed E-state index contributed by atoms with van der Waals surface area (Å²) in [5.74, 6) is -0.372. The van der Waals surface area contributed by atoms with Gasteiger partial charge in [0.25, 0.3) is 0 Å². The van der Waals surface area contributed by atoms with Gasteiger partial charge in [-0.1, -0.05) is 24.3 Å². The molecular formula is C16H23NO4S. The van der Waals surface area contributed by atoms with Gasteiger partial charge in [-0.2, -0.15) is 12.6 Å². The van der Waals surface area contributed by atoms with Crippen molar-refractivity contribution >= 4 is 24.7 Å². The molecule has 0 radical (unpaired) electrons. The Morgan fingerprint density at radius 3 is 2.23 bits per heavy atom. The number of carboxylic acid groups (broad SMARTS) is 1. The van der Waals surface area contributed by atoms with Crippen molar-refractivity contribution in [2.75, 3.05) is 5.75 Å².